The van der Waals surface area contributed by atoms with Crippen molar-refractivity contribution in [2.75, 3.05) is 6.54 Å². The summed E-state index contributed by atoms with van der Waals surface area (Å²) in [7, 11) is 0. The number of halogens is 1. The van der Waals surface area contributed by atoms with Crippen LogP contribution in [-0.2, 0) is 16.1 Å². The molecule has 1 unspecified atom stereocenters. The van der Waals surface area contributed by atoms with Crippen molar-refractivity contribution in [2.24, 2.45) is 0 Å². The van der Waals surface area contributed by atoms with Gasteiger partial charge in [0.15, 0.2) is 0 Å². The standard InChI is InChI=1S/C14H17ClN2O2/c1-2-7-17-13(18)8-12(14(17)19)16-9-10-5-3-4-6-11(10)15/h3-6,12,16H,2,7-9H2,1H3. The number of benzene rings is 1. The molecule has 1 aliphatic heterocycles. The van der Waals surface area contributed by atoms with E-state index in [-0.39, 0.29) is 18.2 Å². The van der Waals surface area contributed by atoms with E-state index in [1.165, 1.54) is 4.90 Å². The Kier molecular flexibility index (Phi) is 4.56. The maximum atomic E-state index is 12.0. The van der Waals surface area contributed by atoms with Gasteiger partial charge in [0.25, 0.3) is 0 Å². The van der Waals surface area contributed by atoms with Crippen LogP contribution in [-0.4, -0.2) is 29.3 Å². The van der Waals surface area contributed by atoms with Crippen molar-refractivity contribution >= 4 is 23.4 Å². The van der Waals surface area contributed by atoms with Crippen LogP contribution in [0.25, 0.3) is 0 Å². The third kappa shape index (κ3) is 3.14. The molecule has 2 rings (SSSR count). The lowest BCUT2D eigenvalue weighted by Crippen LogP contribution is -2.38. The minimum atomic E-state index is -0.421. The molecule has 1 aliphatic rings. The Morgan fingerprint density at radius 3 is 2.79 bits per heavy atom. The fraction of sp³-hybridized carbons (Fsp3) is 0.429. The van der Waals surface area contributed by atoms with Gasteiger partial charge in [-0.15, -0.1) is 0 Å². The zero-order valence-corrected chi connectivity index (χ0v) is 11.6. The van der Waals surface area contributed by atoms with Gasteiger partial charge in [-0.2, -0.15) is 0 Å². The smallest absolute Gasteiger partial charge is 0.246 e. The largest absolute Gasteiger partial charge is 0.301 e. The van der Waals surface area contributed by atoms with Crippen molar-refractivity contribution in [3.05, 3.63) is 34.9 Å². The SMILES string of the molecule is CCCN1C(=O)CC(NCc2ccccc2Cl)C1=O. The second kappa shape index (κ2) is 6.17. The highest BCUT2D eigenvalue weighted by molar-refractivity contribution is 6.31. The molecule has 1 aromatic rings. The molecule has 0 bridgehead atoms. The number of hydrogen-bond acceptors (Lipinski definition) is 3. The fourth-order valence-electron chi connectivity index (χ4n) is 2.18. The van der Waals surface area contributed by atoms with E-state index in [1.807, 2.05) is 31.2 Å². The molecule has 1 aromatic carbocycles. The predicted octanol–water partition coefficient (Wildman–Crippen LogP) is 1.97. The molecule has 19 heavy (non-hydrogen) atoms. The number of imide groups is 1. The molecule has 1 heterocycles. The van der Waals surface area contributed by atoms with Gasteiger partial charge in [0.1, 0.15) is 0 Å². The third-order valence-electron chi connectivity index (χ3n) is 3.19. The van der Waals surface area contributed by atoms with Crippen molar-refractivity contribution in [1.29, 1.82) is 0 Å². The van der Waals surface area contributed by atoms with E-state index in [4.69, 9.17) is 11.6 Å². The Morgan fingerprint density at radius 1 is 1.37 bits per heavy atom. The van der Waals surface area contributed by atoms with Crippen molar-refractivity contribution in [3.63, 3.8) is 0 Å². The molecule has 1 saturated heterocycles. The van der Waals surface area contributed by atoms with E-state index < -0.39 is 6.04 Å². The molecule has 0 aromatic heterocycles. The first-order chi connectivity index (χ1) is 9.13. The van der Waals surface area contributed by atoms with Crippen LogP contribution in [0.15, 0.2) is 24.3 Å². The van der Waals surface area contributed by atoms with E-state index in [0.29, 0.717) is 18.1 Å². The highest BCUT2D eigenvalue weighted by atomic mass is 35.5. The molecule has 4 nitrogen and oxygen atoms in total. The van der Waals surface area contributed by atoms with Gasteiger partial charge >= 0.3 is 0 Å². The molecule has 0 radical (unpaired) electrons. The number of likely N-dealkylation sites (tertiary alicyclic amines) is 1. The molecule has 0 aliphatic carbocycles. The second-order valence-corrected chi connectivity index (χ2v) is 5.02. The summed E-state index contributed by atoms with van der Waals surface area (Å²) in [6.07, 6.45) is 1.03. The first-order valence-corrected chi connectivity index (χ1v) is 6.82. The Morgan fingerprint density at radius 2 is 2.11 bits per heavy atom. The number of nitrogens with one attached hydrogen (secondary N) is 1. The number of hydrogen-bond donors (Lipinski definition) is 1. The fourth-order valence-corrected chi connectivity index (χ4v) is 2.38. The molecule has 0 spiro atoms. The van der Waals surface area contributed by atoms with E-state index in [1.54, 1.807) is 0 Å². The quantitative estimate of drug-likeness (QED) is 0.839. The predicted molar refractivity (Wildman–Crippen MR) is 73.7 cm³/mol. The van der Waals surface area contributed by atoms with Crippen molar-refractivity contribution < 1.29 is 9.59 Å². The average molecular weight is 281 g/mol. The average Bonchev–Trinajstić information content (AvgIpc) is 2.66. The normalized spacial score (nSPS) is 19.3. The molecule has 2 amide bonds. The van der Waals surface area contributed by atoms with Gasteiger partial charge in [0.05, 0.1) is 12.5 Å². The number of amides is 2. The van der Waals surface area contributed by atoms with E-state index in [9.17, 15) is 9.59 Å². The van der Waals surface area contributed by atoms with Crippen LogP contribution < -0.4 is 5.32 Å². The monoisotopic (exact) mass is 280 g/mol. The lowest BCUT2D eigenvalue weighted by molar-refractivity contribution is -0.138. The summed E-state index contributed by atoms with van der Waals surface area (Å²) in [6.45, 7) is 2.94. The van der Waals surface area contributed by atoms with Crippen molar-refractivity contribution in [2.45, 2.75) is 32.4 Å². The van der Waals surface area contributed by atoms with Crippen LogP contribution in [0.5, 0.6) is 0 Å². The Balaban J connectivity index is 1.96. The maximum absolute atomic E-state index is 12.0. The number of carbonyl (C=O) groups is 2. The van der Waals surface area contributed by atoms with Gasteiger partial charge in [-0.1, -0.05) is 36.7 Å². The lowest BCUT2D eigenvalue weighted by Gasteiger charge is -2.14. The van der Waals surface area contributed by atoms with Crippen LogP contribution in [0.4, 0.5) is 0 Å². The topological polar surface area (TPSA) is 49.4 Å². The zero-order chi connectivity index (χ0) is 13.8. The Bertz CT molecular complexity index is 490. The van der Waals surface area contributed by atoms with Gasteiger partial charge in [-0.05, 0) is 18.1 Å². The lowest BCUT2D eigenvalue weighted by atomic mass is 10.2. The van der Waals surface area contributed by atoms with E-state index >= 15 is 0 Å². The summed E-state index contributed by atoms with van der Waals surface area (Å²) < 4.78 is 0. The second-order valence-electron chi connectivity index (χ2n) is 4.61. The first-order valence-electron chi connectivity index (χ1n) is 6.44. The van der Waals surface area contributed by atoms with Gasteiger partial charge in [-0.25, -0.2) is 0 Å². The minimum Gasteiger partial charge on any atom is -0.301 e. The van der Waals surface area contributed by atoms with Crippen LogP contribution in [0.1, 0.15) is 25.3 Å². The third-order valence-corrected chi connectivity index (χ3v) is 3.56. The summed E-state index contributed by atoms with van der Waals surface area (Å²) in [5, 5.41) is 3.77. The van der Waals surface area contributed by atoms with Crippen molar-refractivity contribution in [3.8, 4) is 0 Å². The van der Waals surface area contributed by atoms with E-state index in [0.717, 1.165) is 12.0 Å². The van der Waals surface area contributed by atoms with E-state index in [2.05, 4.69) is 5.32 Å². The van der Waals surface area contributed by atoms with Crippen LogP contribution in [0.3, 0.4) is 0 Å². The summed E-state index contributed by atoms with van der Waals surface area (Å²) in [5.74, 6) is -0.220. The summed E-state index contributed by atoms with van der Waals surface area (Å²) in [6, 6.07) is 7.05. The number of rotatable bonds is 5. The molecule has 1 atom stereocenters. The molecular weight excluding hydrogens is 264 g/mol. The minimum absolute atomic E-state index is 0.0940. The summed E-state index contributed by atoms with van der Waals surface area (Å²) >= 11 is 6.05. The van der Waals surface area contributed by atoms with Gasteiger partial charge in [-0.3, -0.25) is 14.5 Å². The Labute approximate surface area is 117 Å². The number of carbonyl (C=O) groups excluding carboxylic acids is 2. The maximum Gasteiger partial charge on any atom is 0.246 e. The highest BCUT2D eigenvalue weighted by Crippen LogP contribution is 2.17. The molecule has 0 saturated carbocycles. The molecule has 5 heteroatoms. The van der Waals surface area contributed by atoms with Gasteiger partial charge < -0.3 is 5.32 Å². The van der Waals surface area contributed by atoms with Crippen LogP contribution >= 0.6 is 11.6 Å². The summed E-state index contributed by atoms with van der Waals surface area (Å²) in [4.78, 5) is 25.1. The van der Waals surface area contributed by atoms with Gasteiger partial charge in [0, 0.05) is 18.1 Å². The molecular formula is C14H17ClN2O2. The summed E-state index contributed by atoms with van der Waals surface area (Å²) in [5.41, 5.74) is 0.929. The molecule has 1 fully saturated rings. The number of nitrogens with zero attached hydrogens (tertiary/aromatic N) is 1. The Hall–Kier alpha value is -1.39. The van der Waals surface area contributed by atoms with Crippen LogP contribution in [0, 0.1) is 0 Å². The van der Waals surface area contributed by atoms with Gasteiger partial charge in [0.2, 0.25) is 11.8 Å². The molecule has 102 valence electrons. The first kappa shape index (κ1) is 14.0. The van der Waals surface area contributed by atoms with Crippen molar-refractivity contribution in [1.82, 2.24) is 10.2 Å². The highest BCUT2D eigenvalue weighted by Gasteiger charge is 2.37. The zero-order valence-electron chi connectivity index (χ0n) is 10.9. The van der Waals surface area contributed by atoms with Crippen LogP contribution in [0.2, 0.25) is 5.02 Å². The molecule has 1 N–H and O–H groups in total.